The fourth-order valence-corrected chi connectivity index (χ4v) is 4.49. The molecule has 0 spiro atoms. The minimum Gasteiger partial charge on any atom is -0.379 e. The van der Waals surface area contributed by atoms with Crippen LogP contribution >= 0.6 is 0 Å². The number of non-ortho nitro benzene ring substituents is 1. The van der Waals surface area contributed by atoms with Crippen molar-refractivity contribution in [3.63, 3.8) is 0 Å². The summed E-state index contributed by atoms with van der Waals surface area (Å²) in [5.74, 6) is 0.000971. The molecular formula is C19H22N4O5S. The third kappa shape index (κ3) is 4.97. The summed E-state index contributed by atoms with van der Waals surface area (Å²) in [5.41, 5.74) is 3.67. The molecule has 1 N–H and O–H groups in total. The fourth-order valence-electron chi connectivity index (χ4n) is 2.92. The molecule has 3 rings (SSSR count). The monoisotopic (exact) mass is 418 g/mol. The van der Waals surface area contributed by atoms with Crippen LogP contribution in [0.5, 0.6) is 0 Å². The van der Waals surface area contributed by atoms with Crippen molar-refractivity contribution in [2.24, 2.45) is 5.10 Å². The zero-order valence-electron chi connectivity index (χ0n) is 15.9. The fraction of sp³-hybridized carbons (Fsp3) is 0.316. The Hall–Kier alpha value is -2.82. The van der Waals surface area contributed by atoms with Crippen LogP contribution in [0.1, 0.15) is 18.4 Å². The number of nitrogens with one attached hydrogen (secondary N) is 1. The summed E-state index contributed by atoms with van der Waals surface area (Å²) in [6.07, 6.45) is 1.65. The number of nitro groups is 1. The Balaban J connectivity index is 1.88. The lowest BCUT2D eigenvalue weighted by Crippen LogP contribution is -2.40. The Bertz CT molecular complexity index is 989. The van der Waals surface area contributed by atoms with Crippen LogP contribution in [0.4, 0.5) is 11.4 Å². The van der Waals surface area contributed by atoms with E-state index in [9.17, 15) is 18.5 Å². The number of morpholine rings is 1. The van der Waals surface area contributed by atoms with Crippen molar-refractivity contribution in [3.05, 3.63) is 64.2 Å². The number of hydrogen-bond donors (Lipinski definition) is 1. The van der Waals surface area contributed by atoms with Gasteiger partial charge in [0.15, 0.2) is 0 Å². The molecule has 1 aliphatic rings. The van der Waals surface area contributed by atoms with Crippen molar-refractivity contribution in [2.45, 2.75) is 17.7 Å². The number of hydrogen-bond acceptors (Lipinski definition) is 7. The molecule has 2 aromatic rings. The molecule has 1 heterocycles. The molecule has 29 heavy (non-hydrogen) atoms. The zero-order chi connectivity index (χ0) is 20.9. The van der Waals surface area contributed by atoms with E-state index in [1.54, 1.807) is 6.21 Å². The molecule has 10 heteroatoms. The van der Waals surface area contributed by atoms with Crippen molar-refractivity contribution in [1.82, 2.24) is 4.31 Å². The maximum absolute atomic E-state index is 13.1. The molecule has 1 atom stereocenters. The van der Waals surface area contributed by atoms with E-state index in [0.29, 0.717) is 0 Å². The maximum atomic E-state index is 13.1. The number of rotatable bonds is 7. The number of benzene rings is 2. The van der Waals surface area contributed by atoms with Gasteiger partial charge in [0, 0.05) is 37.4 Å². The molecule has 0 aliphatic carbocycles. The van der Waals surface area contributed by atoms with Gasteiger partial charge >= 0.3 is 0 Å². The standard InChI is InChI=1S/C19H22N4O5S/c1-15(16-5-3-2-4-6-16)14-20-21-18-8-7-17(23(24)25)13-19(18)29(26,27)22-9-11-28-12-10-22/h2-8,13-15,21H,9-12H2,1H3/b20-14-/t15-/m1/s1. The van der Waals surface area contributed by atoms with Crippen molar-refractivity contribution in [1.29, 1.82) is 0 Å². The van der Waals surface area contributed by atoms with Crippen molar-refractivity contribution >= 4 is 27.6 Å². The second kappa shape index (κ2) is 9.12. The van der Waals surface area contributed by atoms with E-state index < -0.39 is 14.9 Å². The van der Waals surface area contributed by atoms with Crippen LogP contribution in [-0.4, -0.2) is 50.2 Å². The van der Waals surface area contributed by atoms with Gasteiger partial charge in [-0.3, -0.25) is 15.5 Å². The Morgan fingerprint density at radius 2 is 1.90 bits per heavy atom. The number of sulfonamides is 1. The summed E-state index contributed by atoms with van der Waals surface area (Å²) in [6, 6.07) is 13.4. The summed E-state index contributed by atoms with van der Waals surface area (Å²) in [6.45, 7) is 2.91. The predicted octanol–water partition coefficient (Wildman–Crippen LogP) is 2.82. The van der Waals surface area contributed by atoms with Gasteiger partial charge in [-0.25, -0.2) is 8.42 Å². The largest absolute Gasteiger partial charge is 0.379 e. The third-order valence-electron chi connectivity index (χ3n) is 4.57. The van der Waals surface area contributed by atoms with E-state index in [1.165, 1.54) is 16.4 Å². The highest BCUT2D eigenvalue weighted by Gasteiger charge is 2.30. The van der Waals surface area contributed by atoms with Crippen molar-refractivity contribution in [2.75, 3.05) is 31.7 Å². The molecule has 0 radical (unpaired) electrons. The normalized spacial score (nSPS) is 16.6. The van der Waals surface area contributed by atoms with Gasteiger partial charge in [-0.05, 0) is 11.6 Å². The van der Waals surface area contributed by atoms with E-state index >= 15 is 0 Å². The van der Waals surface area contributed by atoms with Crippen molar-refractivity contribution in [3.8, 4) is 0 Å². The summed E-state index contributed by atoms with van der Waals surface area (Å²) in [4.78, 5) is 10.4. The van der Waals surface area contributed by atoms with Gasteiger partial charge in [-0.2, -0.15) is 9.41 Å². The molecule has 0 saturated carbocycles. The van der Waals surface area contributed by atoms with Crippen LogP contribution in [0.2, 0.25) is 0 Å². The lowest BCUT2D eigenvalue weighted by Gasteiger charge is -2.26. The number of nitro benzene ring substituents is 1. The second-order valence-corrected chi connectivity index (χ2v) is 8.45. The van der Waals surface area contributed by atoms with Crippen LogP contribution in [0, 0.1) is 10.1 Å². The Morgan fingerprint density at radius 3 is 2.55 bits per heavy atom. The number of ether oxygens (including phenoxy) is 1. The second-order valence-electron chi connectivity index (χ2n) is 6.54. The average Bonchev–Trinajstić information content (AvgIpc) is 2.75. The number of hydrazone groups is 1. The molecule has 9 nitrogen and oxygen atoms in total. The van der Waals surface area contributed by atoms with Gasteiger partial charge in [-0.1, -0.05) is 37.3 Å². The van der Waals surface area contributed by atoms with Crippen LogP contribution in [0.15, 0.2) is 58.5 Å². The first kappa shape index (κ1) is 20.9. The lowest BCUT2D eigenvalue weighted by molar-refractivity contribution is -0.385. The maximum Gasteiger partial charge on any atom is 0.270 e. The first-order valence-corrected chi connectivity index (χ1v) is 10.5. The van der Waals surface area contributed by atoms with E-state index in [2.05, 4.69) is 10.5 Å². The highest BCUT2D eigenvalue weighted by molar-refractivity contribution is 7.89. The summed E-state index contributed by atoms with van der Waals surface area (Å²) < 4.78 is 32.6. The smallest absolute Gasteiger partial charge is 0.270 e. The van der Waals surface area contributed by atoms with E-state index in [-0.39, 0.29) is 48.5 Å². The quantitative estimate of drug-likeness (QED) is 0.420. The van der Waals surface area contributed by atoms with Crippen LogP contribution < -0.4 is 5.43 Å². The SMILES string of the molecule is C[C@H](/C=N\Nc1ccc([N+](=O)[O-])cc1S(=O)(=O)N1CCOCC1)c1ccccc1. The van der Waals surface area contributed by atoms with E-state index in [0.717, 1.165) is 11.6 Å². The Kier molecular flexibility index (Phi) is 6.57. The minimum atomic E-state index is -3.94. The first-order valence-electron chi connectivity index (χ1n) is 9.10. The number of nitrogens with zero attached hydrogens (tertiary/aromatic N) is 3. The highest BCUT2D eigenvalue weighted by Crippen LogP contribution is 2.29. The molecule has 1 saturated heterocycles. The lowest BCUT2D eigenvalue weighted by atomic mass is 10.0. The van der Waals surface area contributed by atoms with Gasteiger partial charge in [0.25, 0.3) is 5.69 Å². The third-order valence-corrected chi connectivity index (χ3v) is 6.51. The van der Waals surface area contributed by atoms with Gasteiger partial charge < -0.3 is 4.74 Å². The topological polar surface area (TPSA) is 114 Å². The Morgan fingerprint density at radius 1 is 1.21 bits per heavy atom. The predicted molar refractivity (Wildman–Crippen MR) is 110 cm³/mol. The van der Waals surface area contributed by atoms with Crippen LogP contribution in [-0.2, 0) is 14.8 Å². The average molecular weight is 418 g/mol. The van der Waals surface area contributed by atoms with Gasteiger partial charge in [0.1, 0.15) is 4.90 Å². The number of anilines is 1. The zero-order valence-corrected chi connectivity index (χ0v) is 16.7. The molecule has 0 aromatic heterocycles. The summed E-state index contributed by atoms with van der Waals surface area (Å²) in [5, 5.41) is 15.3. The molecule has 0 unspecified atom stereocenters. The molecule has 1 fully saturated rings. The van der Waals surface area contributed by atoms with Crippen LogP contribution in [0.3, 0.4) is 0 Å². The summed E-state index contributed by atoms with van der Waals surface area (Å²) in [7, 11) is -3.94. The van der Waals surface area contributed by atoms with Gasteiger partial charge in [0.2, 0.25) is 10.0 Å². The Labute approximate surface area is 169 Å². The van der Waals surface area contributed by atoms with Crippen molar-refractivity contribution < 1.29 is 18.1 Å². The first-order chi connectivity index (χ1) is 13.9. The molecule has 2 aromatic carbocycles. The summed E-state index contributed by atoms with van der Waals surface area (Å²) >= 11 is 0. The molecular weight excluding hydrogens is 396 g/mol. The molecule has 0 amide bonds. The molecule has 0 bridgehead atoms. The molecule has 1 aliphatic heterocycles. The van der Waals surface area contributed by atoms with Crippen LogP contribution in [0.25, 0.3) is 0 Å². The van der Waals surface area contributed by atoms with Gasteiger partial charge in [0.05, 0.1) is 23.8 Å². The van der Waals surface area contributed by atoms with E-state index in [1.807, 2.05) is 37.3 Å². The molecule has 154 valence electrons. The van der Waals surface area contributed by atoms with Gasteiger partial charge in [-0.15, -0.1) is 0 Å². The van der Waals surface area contributed by atoms with E-state index in [4.69, 9.17) is 4.74 Å². The minimum absolute atomic E-state index is 0.000971. The highest BCUT2D eigenvalue weighted by atomic mass is 32.2.